The predicted molar refractivity (Wildman–Crippen MR) is 119 cm³/mol. The van der Waals surface area contributed by atoms with E-state index in [0.717, 1.165) is 11.8 Å². The Hall–Kier alpha value is -3.34. The molecule has 178 valence electrons. The van der Waals surface area contributed by atoms with Crippen molar-refractivity contribution in [2.45, 2.75) is 24.9 Å². The fourth-order valence-corrected chi connectivity index (χ4v) is 4.86. The molecule has 2 aromatic heterocycles. The van der Waals surface area contributed by atoms with E-state index in [0.29, 0.717) is 49.0 Å². The number of halogens is 4. The van der Waals surface area contributed by atoms with Crippen LogP contribution in [0.25, 0.3) is 5.65 Å². The minimum Gasteiger partial charge on any atom is -0.367 e. The smallest absolute Gasteiger partial charge is 0.367 e. The number of carbonyl (C=O) groups excluding carboxylic acids is 2. The summed E-state index contributed by atoms with van der Waals surface area (Å²) >= 11 is 6.70. The number of rotatable bonds is 3. The molecule has 0 bridgehead atoms. The monoisotopic (exact) mass is 492 g/mol. The van der Waals surface area contributed by atoms with Gasteiger partial charge < -0.3 is 9.80 Å². The number of piperidine rings is 1. The molecule has 0 spiro atoms. The average Bonchev–Trinajstić information content (AvgIpc) is 3.28. The van der Waals surface area contributed by atoms with E-state index in [1.807, 2.05) is 21.9 Å². The first-order valence-electron chi connectivity index (χ1n) is 10.8. The molecule has 2 amide bonds. The Bertz CT molecular complexity index is 1270. The number of nitrogens with zero attached hydrogens (tertiary/aromatic N) is 5. The molecule has 4 heterocycles. The zero-order chi connectivity index (χ0) is 24.0. The highest BCUT2D eigenvalue weighted by molar-refractivity contribution is 6.34. The quantitative estimate of drug-likeness (QED) is 0.565. The molecule has 2 saturated heterocycles. The minimum atomic E-state index is -4.56. The third-order valence-electron chi connectivity index (χ3n) is 6.20. The molecule has 12 heteroatoms. The average molecular weight is 493 g/mol. The molecule has 3 aromatic rings. The normalized spacial score (nSPS) is 19.6. The molecule has 1 atom stereocenters. The van der Waals surface area contributed by atoms with Crippen LogP contribution in [0.2, 0.25) is 5.02 Å². The third-order valence-corrected chi connectivity index (χ3v) is 6.61. The van der Waals surface area contributed by atoms with Crippen molar-refractivity contribution in [3.63, 3.8) is 0 Å². The van der Waals surface area contributed by atoms with E-state index in [2.05, 4.69) is 15.4 Å². The Morgan fingerprint density at radius 3 is 2.50 bits per heavy atom. The number of piperazine rings is 1. The molecule has 0 radical (unpaired) electrons. The van der Waals surface area contributed by atoms with Crippen LogP contribution in [-0.4, -0.2) is 52.6 Å². The van der Waals surface area contributed by atoms with E-state index >= 15 is 0 Å². The summed E-state index contributed by atoms with van der Waals surface area (Å²) in [5.74, 6) is -0.829. The van der Waals surface area contributed by atoms with Gasteiger partial charge in [-0.1, -0.05) is 23.7 Å². The summed E-state index contributed by atoms with van der Waals surface area (Å²) in [5, 5.41) is 6.94. The number of anilines is 2. The van der Waals surface area contributed by atoms with Crippen molar-refractivity contribution < 1.29 is 22.8 Å². The van der Waals surface area contributed by atoms with Crippen LogP contribution < -0.4 is 15.1 Å². The number of nitrogens with one attached hydrogen (secondary N) is 1. The summed E-state index contributed by atoms with van der Waals surface area (Å²) in [4.78, 5) is 31.4. The van der Waals surface area contributed by atoms with Gasteiger partial charge in [0.15, 0.2) is 11.3 Å². The number of carbonyl (C=O) groups is 2. The van der Waals surface area contributed by atoms with Crippen LogP contribution in [0.5, 0.6) is 0 Å². The zero-order valence-electron chi connectivity index (χ0n) is 17.8. The summed E-state index contributed by atoms with van der Waals surface area (Å²) in [6.07, 6.45) is -2.50. The van der Waals surface area contributed by atoms with Gasteiger partial charge in [-0.15, -0.1) is 0 Å². The zero-order valence-corrected chi connectivity index (χ0v) is 18.6. The second kappa shape index (κ2) is 8.46. The molecule has 1 aromatic carbocycles. The SMILES string of the molecule is O=C1CCC(c2cccc(N3CCN(c4cc(C(F)(F)F)nc5ccnn45)CC3)c2Cl)C(=O)N1. The Morgan fingerprint density at radius 1 is 1.06 bits per heavy atom. The largest absolute Gasteiger partial charge is 0.433 e. The van der Waals surface area contributed by atoms with Crippen molar-refractivity contribution in [2.75, 3.05) is 36.0 Å². The minimum absolute atomic E-state index is 0.132. The van der Waals surface area contributed by atoms with Crippen LogP contribution in [0.15, 0.2) is 36.5 Å². The third kappa shape index (κ3) is 4.04. The van der Waals surface area contributed by atoms with Gasteiger partial charge in [-0.2, -0.15) is 22.8 Å². The van der Waals surface area contributed by atoms with Crippen molar-refractivity contribution in [1.29, 1.82) is 0 Å². The molecule has 34 heavy (non-hydrogen) atoms. The summed E-state index contributed by atoms with van der Waals surface area (Å²) < 4.78 is 41.5. The van der Waals surface area contributed by atoms with Gasteiger partial charge in [0.1, 0.15) is 5.82 Å². The van der Waals surface area contributed by atoms with Gasteiger partial charge in [0.2, 0.25) is 11.8 Å². The lowest BCUT2D eigenvalue weighted by Gasteiger charge is -2.38. The molecule has 0 aliphatic carbocycles. The first-order valence-corrected chi connectivity index (χ1v) is 11.1. The van der Waals surface area contributed by atoms with Gasteiger partial charge in [-0.05, 0) is 18.1 Å². The summed E-state index contributed by atoms with van der Waals surface area (Å²) in [6, 6.07) is 7.92. The maximum Gasteiger partial charge on any atom is 0.433 e. The van der Waals surface area contributed by atoms with Crippen molar-refractivity contribution in [1.82, 2.24) is 19.9 Å². The molecule has 2 aliphatic rings. The van der Waals surface area contributed by atoms with Crippen molar-refractivity contribution in [2.24, 2.45) is 0 Å². The summed E-state index contributed by atoms with van der Waals surface area (Å²) in [6.45, 7) is 1.89. The Balaban J connectivity index is 1.37. The first-order chi connectivity index (χ1) is 16.2. The predicted octanol–water partition coefficient (Wildman–Crippen LogP) is 3.25. The number of hydrogen-bond acceptors (Lipinski definition) is 6. The molecule has 8 nitrogen and oxygen atoms in total. The number of hydrogen-bond donors (Lipinski definition) is 1. The van der Waals surface area contributed by atoms with E-state index < -0.39 is 17.8 Å². The standard InChI is InChI=1S/C22H20ClF3N6O2/c23-20-13(14-4-5-18(33)29-21(14)34)2-1-3-15(20)30-8-10-31(11-9-30)19-12-16(22(24,25)26)28-17-6-7-27-32(17)19/h1-3,6-7,12,14H,4-5,8-11H2,(H,29,33,34). The first kappa shape index (κ1) is 22.5. The van der Waals surface area contributed by atoms with Crippen molar-refractivity contribution in [3.8, 4) is 0 Å². The number of aromatic nitrogens is 3. The summed E-state index contributed by atoms with van der Waals surface area (Å²) in [5.41, 5.74) is 0.581. The number of imide groups is 1. The van der Waals surface area contributed by atoms with Crippen molar-refractivity contribution in [3.05, 3.63) is 52.8 Å². The highest BCUT2D eigenvalue weighted by Crippen LogP contribution is 2.37. The van der Waals surface area contributed by atoms with Crippen LogP contribution >= 0.6 is 11.6 Å². The molecule has 2 aliphatic heterocycles. The lowest BCUT2D eigenvalue weighted by molar-refractivity contribution is -0.141. The second-order valence-electron chi connectivity index (χ2n) is 8.26. The highest BCUT2D eigenvalue weighted by atomic mass is 35.5. The maximum atomic E-state index is 13.4. The fraction of sp³-hybridized carbons (Fsp3) is 0.364. The van der Waals surface area contributed by atoms with Crippen LogP contribution in [0, 0.1) is 0 Å². The highest BCUT2D eigenvalue weighted by Gasteiger charge is 2.35. The number of alkyl halides is 3. The van der Waals surface area contributed by atoms with Crippen LogP contribution in [0.4, 0.5) is 24.7 Å². The molecule has 1 N–H and O–H groups in total. The van der Waals surface area contributed by atoms with Gasteiger partial charge in [0.25, 0.3) is 0 Å². The van der Waals surface area contributed by atoms with E-state index in [1.54, 1.807) is 6.07 Å². The Kier molecular flexibility index (Phi) is 5.59. The lowest BCUT2D eigenvalue weighted by atomic mass is 9.90. The molecular weight excluding hydrogens is 473 g/mol. The van der Waals surface area contributed by atoms with Crippen LogP contribution in [0.1, 0.15) is 30.0 Å². The van der Waals surface area contributed by atoms with E-state index in [-0.39, 0.29) is 23.9 Å². The van der Waals surface area contributed by atoms with E-state index in [1.165, 1.54) is 16.8 Å². The van der Waals surface area contributed by atoms with Gasteiger partial charge in [0.05, 0.1) is 22.8 Å². The number of benzene rings is 1. The topological polar surface area (TPSA) is 82.8 Å². The lowest BCUT2D eigenvalue weighted by Crippen LogP contribution is -2.47. The van der Waals surface area contributed by atoms with Gasteiger partial charge in [-0.3, -0.25) is 14.9 Å². The van der Waals surface area contributed by atoms with Crippen molar-refractivity contribution >= 4 is 40.6 Å². The Morgan fingerprint density at radius 2 is 1.79 bits per heavy atom. The number of fused-ring (bicyclic) bond motifs is 1. The molecule has 2 fully saturated rings. The second-order valence-corrected chi connectivity index (χ2v) is 8.63. The molecule has 5 rings (SSSR count). The molecule has 1 unspecified atom stereocenters. The van der Waals surface area contributed by atoms with Gasteiger partial charge >= 0.3 is 6.18 Å². The van der Waals surface area contributed by atoms with Gasteiger partial charge in [-0.25, -0.2) is 4.98 Å². The Labute approximate surface area is 197 Å². The summed E-state index contributed by atoms with van der Waals surface area (Å²) in [7, 11) is 0. The number of amides is 2. The van der Waals surface area contributed by atoms with E-state index in [9.17, 15) is 22.8 Å². The maximum absolute atomic E-state index is 13.4. The van der Waals surface area contributed by atoms with Gasteiger partial charge in [0, 0.05) is 44.7 Å². The fourth-order valence-electron chi connectivity index (χ4n) is 4.48. The van der Waals surface area contributed by atoms with Crippen LogP contribution in [0.3, 0.4) is 0 Å². The molecular formula is C22H20ClF3N6O2. The van der Waals surface area contributed by atoms with Crippen LogP contribution in [-0.2, 0) is 15.8 Å². The van der Waals surface area contributed by atoms with E-state index in [4.69, 9.17) is 11.6 Å². The molecule has 0 saturated carbocycles.